The molecular formula is C22H20N4O2S. The predicted octanol–water partition coefficient (Wildman–Crippen LogP) is 4.04. The second-order valence-electron chi connectivity index (χ2n) is 6.41. The Bertz CT molecular complexity index is 1130. The molecule has 0 fully saturated rings. The van der Waals surface area contributed by atoms with E-state index in [0.29, 0.717) is 23.9 Å². The van der Waals surface area contributed by atoms with E-state index >= 15 is 0 Å². The van der Waals surface area contributed by atoms with Crippen LogP contribution in [0.15, 0.2) is 71.6 Å². The molecule has 0 aliphatic heterocycles. The third-order valence-corrected chi connectivity index (χ3v) is 5.42. The number of benzene rings is 3. The Balaban J connectivity index is 1.29. The van der Waals surface area contributed by atoms with Crippen molar-refractivity contribution in [3.05, 3.63) is 72.6 Å². The van der Waals surface area contributed by atoms with Crippen LogP contribution in [-0.2, 0) is 11.3 Å². The SMILES string of the molecule is COc1ccc(-c2n[nH]c(CNC(=O)CSc3ccc4ccccc4c3)n2)cc1. The lowest BCUT2D eigenvalue weighted by Gasteiger charge is -2.05. The molecule has 0 spiro atoms. The number of methoxy groups -OCH3 is 1. The largest absolute Gasteiger partial charge is 0.497 e. The minimum Gasteiger partial charge on any atom is -0.497 e. The number of rotatable bonds is 7. The molecule has 2 N–H and O–H groups in total. The fourth-order valence-electron chi connectivity index (χ4n) is 2.88. The number of carbonyl (C=O) groups is 1. The molecule has 1 aromatic heterocycles. The van der Waals surface area contributed by atoms with E-state index in [4.69, 9.17) is 4.74 Å². The molecule has 0 saturated carbocycles. The average Bonchev–Trinajstić information content (AvgIpc) is 3.25. The highest BCUT2D eigenvalue weighted by Crippen LogP contribution is 2.23. The van der Waals surface area contributed by atoms with E-state index in [-0.39, 0.29) is 5.91 Å². The number of ether oxygens (including phenoxy) is 1. The summed E-state index contributed by atoms with van der Waals surface area (Å²) in [6.07, 6.45) is 0. The molecule has 6 nitrogen and oxygen atoms in total. The van der Waals surface area contributed by atoms with Gasteiger partial charge in [0.2, 0.25) is 5.91 Å². The highest BCUT2D eigenvalue weighted by molar-refractivity contribution is 8.00. The molecule has 7 heteroatoms. The summed E-state index contributed by atoms with van der Waals surface area (Å²) in [6, 6.07) is 21.9. The Morgan fingerprint density at radius 1 is 1.07 bits per heavy atom. The quantitative estimate of drug-likeness (QED) is 0.455. The van der Waals surface area contributed by atoms with Crippen LogP contribution < -0.4 is 10.1 Å². The molecule has 3 aromatic carbocycles. The summed E-state index contributed by atoms with van der Waals surface area (Å²) in [5, 5.41) is 12.3. The van der Waals surface area contributed by atoms with Crippen LogP contribution in [0.4, 0.5) is 0 Å². The summed E-state index contributed by atoms with van der Waals surface area (Å²) in [7, 11) is 1.63. The number of aromatic nitrogens is 3. The van der Waals surface area contributed by atoms with Crippen molar-refractivity contribution in [2.24, 2.45) is 0 Å². The number of hydrogen-bond acceptors (Lipinski definition) is 5. The summed E-state index contributed by atoms with van der Waals surface area (Å²) >= 11 is 1.51. The van der Waals surface area contributed by atoms with Gasteiger partial charge in [-0.1, -0.05) is 30.3 Å². The van der Waals surface area contributed by atoms with E-state index in [0.717, 1.165) is 16.2 Å². The maximum Gasteiger partial charge on any atom is 0.230 e. The smallest absolute Gasteiger partial charge is 0.230 e. The molecule has 4 rings (SSSR count). The number of thioether (sulfide) groups is 1. The molecule has 0 bridgehead atoms. The van der Waals surface area contributed by atoms with E-state index < -0.39 is 0 Å². The zero-order valence-corrected chi connectivity index (χ0v) is 16.7. The monoisotopic (exact) mass is 404 g/mol. The van der Waals surface area contributed by atoms with Gasteiger partial charge in [0.15, 0.2) is 5.82 Å². The number of carbonyl (C=O) groups excluding carboxylic acids is 1. The minimum atomic E-state index is -0.0504. The number of H-pyrrole nitrogens is 1. The second kappa shape index (κ2) is 8.79. The van der Waals surface area contributed by atoms with E-state index in [1.807, 2.05) is 42.5 Å². The zero-order chi connectivity index (χ0) is 20.1. The fourth-order valence-corrected chi connectivity index (χ4v) is 3.66. The van der Waals surface area contributed by atoms with Crippen LogP contribution in [-0.4, -0.2) is 34.0 Å². The van der Waals surface area contributed by atoms with Gasteiger partial charge < -0.3 is 10.1 Å². The Kier molecular flexibility index (Phi) is 5.76. The molecule has 29 heavy (non-hydrogen) atoms. The summed E-state index contributed by atoms with van der Waals surface area (Å²) in [5.41, 5.74) is 0.881. The Hall–Kier alpha value is -3.32. The molecule has 1 heterocycles. The first-order valence-corrected chi connectivity index (χ1v) is 10.1. The number of hydrogen-bond donors (Lipinski definition) is 2. The van der Waals surface area contributed by atoms with Crippen molar-refractivity contribution < 1.29 is 9.53 Å². The van der Waals surface area contributed by atoms with Gasteiger partial charge >= 0.3 is 0 Å². The summed E-state index contributed by atoms with van der Waals surface area (Å²) in [4.78, 5) is 17.7. The first-order chi connectivity index (χ1) is 14.2. The Labute approximate surface area is 172 Å². The second-order valence-corrected chi connectivity index (χ2v) is 7.46. The van der Waals surface area contributed by atoms with Crippen LogP contribution >= 0.6 is 11.8 Å². The van der Waals surface area contributed by atoms with Crippen LogP contribution in [0.25, 0.3) is 22.2 Å². The summed E-state index contributed by atoms with van der Waals surface area (Å²) < 4.78 is 5.15. The fraction of sp³-hybridized carbons (Fsp3) is 0.136. The van der Waals surface area contributed by atoms with E-state index in [9.17, 15) is 4.79 Å². The van der Waals surface area contributed by atoms with Gasteiger partial charge in [-0.05, 0) is 47.2 Å². The van der Waals surface area contributed by atoms with E-state index in [1.54, 1.807) is 7.11 Å². The lowest BCUT2D eigenvalue weighted by molar-refractivity contribution is -0.118. The zero-order valence-electron chi connectivity index (χ0n) is 15.9. The maximum atomic E-state index is 12.2. The minimum absolute atomic E-state index is 0.0504. The van der Waals surface area contributed by atoms with Gasteiger partial charge in [0.1, 0.15) is 11.6 Å². The highest BCUT2D eigenvalue weighted by Gasteiger charge is 2.08. The lowest BCUT2D eigenvalue weighted by atomic mass is 10.1. The van der Waals surface area contributed by atoms with Crippen molar-refractivity contribution in [3.8, 4) is 17.1 Å². The Morgan fingerprint density at radius 3 is 2.66 bits per heavy atom. The van der Waals surface area contributed by atoms with E-state index in [2.05, 4.69) is 44.8 Å². The van der Waals surface area contributed by atoms with Gasteiger partial charge in [-0.25, -0.2) is 4.98 Å². The van der Waals surface area contributed by atoms with Crippen molar-refractivity contribution >= 4 is 28.4 Å². The molecular weight excluding hydrogens is 384 g/mol. The van der Waals surface area contributed by atoms with Gasteiger partial charge in [-0.3, -0.25) is 9.89 Å². The number of aromatic amines is 1. The van der Waals surface area contributed by atoms with Crippen LogP contribution in [0.1, 0.15) is 5.82 Å². The number of amides is 1. The van der Waals surface area contributed by atoms with Crippen LogP contribution in [0.2, 0.25) is 0 Å². The van der Waals surface area contributed by atoms with Gasteiger partial charge in [0, 0.05) is 10.5 Å². The van der Waals surface area contributed by atoms with Gasteiger partial charge in [-0.15, -0.1) is 11.8 Å². The number of nitrogens with one attached hydrogen (secondary N) is 2. The molecule has 0 saturated heterocycles. The highest BCUT2D eigenvalue weighted by atomic mass is 32.2. The molecule has 4 aromatic rings. The molecule has 1 amide bonds. The van der Waals surface area contributed by atoms with Crippen LogP contribution in [0.5, 0.6) is 5.75 Å². The van der Waals surface area contributed by atoms with Gasteiger partial charge in [0.05, 0.1) is 19.4 Å². The summed E-state index contributed by atoms with van der Waals surface area (Å²) in [6.45, 7) is 0.306. The van der Waals surface area contributed by atoms with E-state index in [1.165, 1.54) is 22.5 Å². The average molecular weight is 404 g/mol. The standard InChI is InChI=1S/C22H20N4O2S/c1-28-18-9-6-16(7-10-18)22-24-20(25-26-22)13-23-21(27)14-29-19-11-8-15-4-2-3-5-17(15)12-19/h2-12H,13-14H2,1H3,(H,23,27)(H,24,25,26). The molecule has 146 valence electrons. The number of nitrogens with zero attached hydrogens (tertiary/aromatic N) is 2. The van der Waals surface area contributed by atoms with Crippen molar-refractivity contribution in [2.45, 2.75) is 11.4 Å². The van der Waals surface area contributed by atoms with Crippen molar-refractivity contribution in [2.75, 3.05) is 12.9 Å². The molecule has 0 atom stereocenters. The first kappa shape index (κ1) is 19.0. The van der Waals surface area contributed by atoms with Gasteiger partial charge in [-0.2, -0.15) is 5.10 Å². The third-order valence-electron chi connectivity index (χ3n) is 4.42. The normalized spacial score (nSPS) is 10.8. The Morgan fingerprint density at radius 2 is 1.86 bits per heavy atom. The predicted molar refractivity (Wildman–Crippen MR) is 115 cm³/mol. The summed E-state index contributed by atoms with van der Waals surface area (Å²) in [5.74, 6) is 2.27. The van der Waals surface area contributed by atoms with Crippen LogP contribution in [0, 0.1) is 0 Å². The lowest BCUT2D eigenvalue weighted by Crippen LogP contribution is -2.25. The van der Waals surface area contributed by atoms with Crippen LogP contribution in [0.3, 0.4) is 0 Å². The molecule has 0 aliphatic carbocycles. The first-order valence-electron chi connectivity index (χ1n) is 9.15. The molecule has 0 unspecified atom stereocenters. The molecule has 0 aliphatic rings. The van der Waals surface area contributed by atoms with Crippen molar-refractivity contribution in [1.82, 2.24) is 20.5 Å². The van der Waals surface area contributed by atoms with Gasteiger partial charge in [0.25, 0.3) is 0 Å². The molecule has 0 radical (unpaired) electrons. The van der Waals surface area contributed by atoms with Crippen molar-refractivity contribution in [1.29, 1.82) is 0 Å². The maximum absolute atomic E-state index is 12.2. The third kappa shape index (κ3) is 4.75. The van der Waals surface area contributed by atoms with Crippen molar-refractivity contribution in [3.63, 3.8) is 0 Å². The topological polar surface area (TPSA) is 79.9 Å². The number of fused-ring (bicyclic) bond motifs is 1.